The Morgan fingerprint density at radius 3 is 2.83 bits per heavy atom. The Kier molecular flexibility index (Phi) is 5.00. The summed E-state index contributed by atoms with van der Waals surface area (Å²) in [6.45, 7) is 6.89. The van der Waals surface area contributed by atoms with E-state index in [0.29, 0.717) is 12.0 Å². The van der Waals surface area contributed by atoms with Gasteiger partial charge in [0.2, 0.25) is 5.91 Å². The maximum absolute atomic E-state index is 12.3. The fourth-order valence-electron chi connectivity index (χ4n) is 3.68. The summed E-state index contributed by atoms with van der Waals surface area (Å²) >= 11 is 1.58. The molecule has 0 spiro atoms. The zero-order valence-corrected chi connectivity index (χ0v) is 14.6. The van der Waals surface area contributed by atoms with Gasteiger partial charge < -0.3 is 15.0 Å². The van der Waals surface area contributed by atoms with Gasteiger partial charge in [-0.25, -0.2) is 0 Å². The molecule has 0 aromatic carbocycles. The van der Waals surface area contributed by atoms with Crippen LogP contribution in [0, 0.1) is 11.3 Å². The molecule has 1 saturated heterocycles. The predicted molar refractivity (Wildman–Crippen MR) is 89.9 cm³/mol. The minimum Gasteiger partial charge on any atom is -0.364 e. The van der Waals surface area contributed by atoms with Crippen LogP contribution >= 0.6 is 11.3 Å². The molecule has 2 unspecified atom stereocenters. The monoisotopic (exact) mass is 334 g/mol. The summed E-state index contributed by atoms with van der Waals surface area (Å²) in [6, 6.07) is 2.27. The highest BCUT2D eigenvalue weighted by molar-refractivity contribution is 7.16. The second-order valence-corrected chi connectivity index (χ2v) is 7.74. The molecule has 1 fully saturated rings. The van der Waals surface area contributed by atoms with E-state index in [1.807, 2.05) is 0 Å². The van der Waals surface area contributed by atoms with Crippen molar-refractivity contribution in [1.29, 1.82) is 5.26 Å². The molecule has 0 radical (unpaired) electrons. The van der Waals surface area contributed by atoms with E-state index in [0.717, 1.165) is 49.5 Å². The van der Waals surface area contributed by atoms with E-state index >= 15 is 0 Å². The topological polar surface area (TPSA) is 66.6 Å². The van der Waals surface area contributed by atoms with Gasteiger partial charge >= 0.3 is 0 Å². The van der Waals surface area contributed by atoms with Crippen molar-refractivity contribution >= 4 is 22.2 Å². The summed E-state index contributed by atoms with van der Waals surface area (Å²) in [5, 5.41) is 13.1. The third-order valence-electron chi connectivity index (χ3n) is 4.61. The number of morpholine rings is 1. The van der Waals surface area contributed by atoms with E-state index in [1.165, 1.54) is 9.78 Å². The molecular formula is C17H24N3O2S+. The Morgan fingerprint density at radius 2 is 2.13 bits per heavy atom. The fourth-order valence-corrected chi connectivity index (χ4v) is 4.94. The molecule has 2 atom stereocenters. The van der Waals surface area contributed by atoms with Crippen LogP contribution in [0.2, 0.25) is 0 Å². The molecule has 1 amide bonds. The van der Waals surface area contributed by atoms with Gasteiger partial charge in [0.05, 0.1) is 18.5 Å². The van der Waals surface area contributed by atoms with Crippen molar-refractivity contribution in [3.8, 4) is 6.07 Å². The lowest BCUT2D eigenvalue weighted by atomic mass is 10.1. The van der Waals surface area contributed by atoms with Gasteiger partial charge in [0, 0.05) is 4.88 Å². The molecular weight excluding hydrogens is 310 g/mol. The number of nitrogens with one attached hydrogen (secondary N) is 2. The lowest BCUT2D eigenvalue weighted by Gasteiger charge is -2.32. The van der Waals surface area contributed by atoms with Gasteiger partial charge in [-0.15, -0.1) is 11.3 Å². The average molecular weight is 334 g/mol. The zero-order chi connectivity index (χ0) is 16.4. The largest absolute Gasteiger partial charge is 0.364 e. The Bertz CT molecular complexity index is 625. The number of hydrogen-bond acceptors (Lipinski definition) is 4. The number of thiophene rings is 1. The van der Waals surface area contributed by atoms with Gasteiger partial charge in [0.15, 0.2) is 0 Å². The first-order valence-corrected chi connectivity index (χ1v) is 9.22. The predicted octanol–water partition coefficient (Wildman–Crippen LogP) is 1.13. The second kappa shape index (κ2) is 7.00. The summed E-state index contributed by atoms with van der Waals surface area (Å²) in [6.07, 6.45) is 4.13. The highest BCUT2D eigenvalue weighted by Gasteiger charge is 2.26. The molecule has 2 aliphatic rings. The van der Waals surface area contributed by atoms with E-state index in [9.17, 15) is 10.1 Å². The number of quaternary nitrogens is 1. The third kappa shape index (κ3) is 3.74. The van der Waals surface area contributed by atoms with Crippen molar-refractivity contribution in [2.45, 2.75) is 51.7 Å². The van der Waals surface area contributed by atoms with Crippen LogP contribution in [0.25, 0.3) is 0 Å². The quantitative estimate of drug-likeness (QED) is 0.867. The van der Waals surface area contributed by atoms with Crippen molar-refractivity contribution in [3.05, 3.63) is 16.0 Å². The molecule has 2 heterocycles. The second-order valence-electron chi connectivity index (χ2n) is 6.64. The number of amides is 1. The van der Waals surface area contributed by atoms with Crippen LogP contribution < -0.4 is 10.2 Å². The summed E-state index contributed by atoms with van der Waals surface area (Å²) in [5.41, 5.74) is 1.85. The Hall–Kier alpha value is -1.42. The van der Waals surface area contributed by atoms with Crippen LogP contribution in [0.1, 0.15) is 42.7 Å². The minimum absolute atomic E-state index is 0.0146. The van der Waals surface area contributed by atoms with Crippen LogP contribution in [0.5, 0.6) is 0 Å². The van der Waals surface area contributed by atoms with Crippen LogP contribution in [0.3, 0.4) is 0 Å². The average Bonchev–Trinajstić information content (AvgIpc) is 3.04. The fraction of sp³-hybridized carbons (Fsp3) is 0.647. The van der Waals surface area contributed by atoms with Crippen molar-refractivity contribution < 1.29 is 14.4 Å². The van der Waals surface area contributed by atoms with Gasteiger partial charge in [0.25, 0.3) is 0 Å². The van der Waals surface area contributed by atoms with Crippen LogP contribution in [-0.4, -0.2) is 37.7 Å². The van der Waals surface area contributed by atoms with Gasteiger partial charge in [-0.05, 0) is 38.7 Å². The zero-order valence-electron chi connectivity index (χ0n) is 13.8. The van der Waals surface area contributed by atoms with Crippen molar-refractivity contribution in [3.63, 3.8) is 0 Å². The van der Waals surface area contributed by atoms with Crippen LogP contribution in [-0.2, 0) is 22.4 Å². The number of carbonyl (C=O) groups excluding carboxylic acids is 1. The van der Waals surface area contributed by atoms with E-state index < -0.39 is 0 Å². The molecule has 1 aliphatic heterocycles. The van der Waals surface area contributed by atoms with Crippen molar-refractivity contribution in [2.24, 2.45) is 0 Å². The number of nitriles is 1. The summed E-state index contributed by atoms with van der Waals surface area (Å²) < 4.78 is 5.73. The number of fused-ring (bicyclic) bond motifs is 1. The Morgan fingerprint density at radius 1 is 1.39 bits per heavy atom. The first kappa shape index (κ1) is 16.4. The summed E-state index contributed by atoms with van der Waals surface area (Å²) in [7, 11) is 0. The molecule has 1 aromatic heterocycles. The molecule has 3 rings (SSSR count). The van der Waals surface area contributed by atoms with Crippen molar-refractivity contribution in [2.75, 3.05) is 25.0 Å². The van der Waals surface area contributed by atoms with Gasteiger partial charge in [-0.1, -0.05) is 0 Å². The standard InChI is InChI=1S/C17H23N3O2S/c1-11-9-20(10-12(2)22-11)7-6-16(21)19-17-14(8-18)13-4-3-5-15(13)23-17/h11-12H,3-7,9-10H2,1-2H3,(H,19,21)/p+1. The van der Waals surface area contributed by atoms with E-state index in [-0.39, 0.29) is 18.1 Å². The van der Waals surface area contributed by atoms with E-state index in [1.54, 1.807) is 11.3 Å². The van der Waals surface area contributed by atoms with Crippen LogP contribution in [0.4, 0.5) is 5.00 Å². The molecule has 1 aromatic rings. The van der Waals surface area contributed by atoms with Crippen molar-refractivity contribution in [1.82, 2.24) is 0 Å². The molecule has 5 nitrogen and oxygen atoms in total. The molecule has 0 saturated carbocycles. The maximum atomic E-state index is 12.3. The number of rotatable bonds is 4. The molecule has 2 N–H and O–H groups in total. The molecule has 1 aliphatic carbocycles. The number of carbonyl (C=O) groups is 1. The summed E-state index contributed by atoms with van der Waals surface area (Å²) in [4.78, 5) is 14.9. The minimum atomic E-state index is 0.0146. The molecule has 124 valence electrons. The van der Waals surface area contributed by atoms with E-state index in [2.05, 4.69) is 25.2 Å². The molecule has 23 heavy (non-hydrogen) atoms. The van der Waals surface area contributed by atoms with Gasteiger partial charge in [-0.3, -0.25) is 4.79 Å². The van der Waals surface area contributed by atoms with E-state index in [4.69, 9.17) is 4.74 Å². The Balaban J connectivity index is 1.55. The smallest absolute Gasteiger partial charge is 0.230 e. The number of ether oxygens (including phenoxy) is 1. The number of aryl methyl sites for hydroxylation is 1. The maximum Gasteiger partial charge on any atom is 0.230 e. The first-order valence-electron chi connectivity index (χ1n) is 8.40. The Labute approximate surface area is 141 Å². The normalized spacial score (nSPS) is 26.6. The first-order chi connectivity index (χ1) is 11.1. The number of anilines is 1. The lowest BCUT2D eigenvalue weighted by Crippen LogP contribution is -3.15. The lowest BCUT2D eigenvalue weighted by molar-refractivity contribution is -0.914. The highest BCUT2D eigenvalue weighted by atomic mass is 32.1. The number of nitrogens with zero attached hydrogens (tertiary/aromatic N) is 1. The van der Waals surface area contributed by atoms with Gasteiger partial charge in [0.1, 0.15) is 36.4 Å². The summed E-state index contributed by atoms with van der Waals surface area (Å²) in [5.74, 6) is 0.0146. The molecule has 0 bridgehead atoms. The highest BCUT2D eigenvalue weighted by Crippen LogP contribution is 2.38. The van der Waals surface area contributed by atoms with Crippen LogP contribution in [0.15, 0.2) is 0 Å². The van der Waals surface area contributed by atoms with Gasteiger partial charge in [-0.2, -0.15) is 5.26 Å². The molecule has 6 heteroatoms. The third-order valence-corrected chi connectivity index (χ3v) is 5.82. The number of hydrogen-bond donors (Lipinski definition) is 2. The SMILES string of the molecule is CC1C[NH+](CCC(=O)Nc2sc3c(c2C#N)CCC3)CC(C)O1.